The zero-order valence-corrected chi connectivity index (χ0v) is 12.0. The fraction of sp³-hybridized carbons (Fsp3) is 0.214. The Bertz CT molecular complexity index is 742. The van der Waals surface area contributed by atoms with Crippen molar-refractivity contribution in [2.24, 2.45) is 0 Å². The minimum atomic E-state index is -4.08. The van der Waals surface area contributed by atoms with Gasteiger partial charge in [0, 0.05) is 6.54 Å². The van der Waals surface area contributed by atoms with Gasteiger partial charge in [0.05, 0.1) is 5.75 Å². The average molecular weight is 309 g/mol. The van der Waals surface area contributed by atoms with E-state index in [0.29, 0.717) is 0 Å². The van der Waals surface area contributed by atoms with Gasteiger partial charge >= 0.3 is 6.09 Å². The molecule has 6 nitrogen and oxygen atoms in total. The number of carbonyl (C=O) groups excluding carboxylic acids is 1. The van der Waals surface area contributed by atoms with Crippen LogP contribution in [0.2, 0.25) is 0 Å². The molecule has 0 atom stereocenters. The Labute approximate surface area is 122 Å². The molecular formula is C14H15NO5S. The minimum absolute atomic E-state index is 0.0859. The van der Waals surface area contributed by atoms with Crippen LogP contribution in [-0.4, -0.2) is 31.4 Å². The molecule has 2 rings (SSSR count). The van der Waals surface area contributed by atoms with E-state index in [9.17, 15) is 13.2 Å². The monoisotopic (exact) mass is 309 g/mol. The van der Waals surface area contributed by atoms with Gasteiger partial charge in [-0.2, -0.15) is 8.42 Å². The summed E-state index contributed by atoms with van der Waals surface area (Å²) in [5, 5.41) is 4.39. The van der Waals surface area contributed by atoms with Crippen LogP contribution < -0.4 is 5.32 Å². The van der Waals surface area contributed by atoms with Gasteiger partial charge in [0.15, 0.2) is 0 Å². The first-order chi connectivity index (χ1) is 9.94. The van der Waals surface area contributed by atoms with Crippen molar-refractivity contribution in [1.82, 2.24) is 5.32 Å². The van der Waals surface area contributed by atoms with Crippen LogP contribution in [0.4, 0.5) is 4.79 Å². The zero-order chi connectivity index (χ0) is 15.3. The van der Waals surface area contributed by atoms with Crippen LogP contribution in [0.25, 0.3) is 10.8 Å². The number of benzene rings is 2. The van der Waals surface area contributed by atoms with Gasteiger partial charge in [0.1, 0.15) is 6.61 Å². The van der Waals surface area contributed by atoms with E-state index in [1.165, 1.54) is 0 Å². The van der Waals surface area contributed by atoms with Gasteiger partial charge in [-0.05, 0) is 22.4 Å². The Balaban J connectivity index is 1.85. The van der Waals surface area contributed by atoms with E-state index >= 15 is 0 Å². The number of nitrogens with one attached hydrogen (secondary N) is 1. The quantitative estimate of drug-likeness (QED) is 0.824. The van der Waals surface area contributed by atoms with Crippen molar-refractivity contribution >= 4 is 27.0 Å². The smallest absolute Gasteiger partial charge is 0.407 e. The van der Waals surface area contributed by atoms with E-state index in [2.05, 4.69) is 5.32 Å². The van der Waals surface area contributed by atoms with Gasteiger partial charge in [-0.1, -0.05) is 36.4 Å². The Kier molecular flexibility index (Phi) is 4.77. The Morgan fingerprint density at radius 1 is 1.14 bits per heavy atom. The lowest BCUT2D eigenvalue weighted by Crippen LogP contribution is -2.29. The summed E-state index contributed by atoms with van der Waals surface area (Å²) in [5.74, 6) is -0.544. The highest BCUT2D eigenvalue weighted by atomic mass is 32.2. The molecule has 0 aliphatic carbocycles. The second kappa shape index (κ2) is 6.55. The van der Waals surface area contributed by atoms with Crippen LogP contribution in [0.1, 0.15) is 5.56 Å². The number of amides is 1. The number of alkyl carbamates (subject to hydrolysis) is 1. The summed E-state index contributed by atoms with van der Waals surface area (Å²) in [6.07, 6.45) is -0.730. The van der Waals surface area contributed by atoms with Crippen LogP contribution in [-0.2, 0) is 21.5 Å². The largest absolute Gasteiger partial charge is 0.445 e. The number of ether oxygens (including phenoxy) is 1. The molecule has 21 heavy (non-hydrogen) atoms. The standard InChI is InChI=1S/C14H15NO5S/c16-14(15-7-8-21(17,18)19)20-10-11-5-6-12-3-1-2-4-13(12)9-11/h1-6,9H,7-8,10H2,(H,15,16)(H,17,18,19). The van der Waals surface area contributed by atoms with Crippen LogP contribution in [0.15, 0.2) is 42.5 Å². The molecule has 2 N–H and O–H groups in total. The van der Waals surface area contributed by atoms with E-state index in [1.54, 1.807) is 0 Å². The topological polar surface area (TPSA) is 92.7 Å². The third kappa shape index (κ3) is 5.05. The molecule has 0 aromatic heterocycles. The third-order valence-electron chi connectivity index (χ3n) is 2.81. The summed E-state index contributed by atoms with van der Waals surface area (Å²) in [6, 6.07) is 13.5. The highest BCUT2D eigenvalue weighted by Gasteiger charge is 2.07. The first-order valence-corrected chi connectivity index (χ1v) is 7.88. The van der Waals surface area contributed by atoms with E-state index in [1.807, 2.05) is 42.5 Å². The molecule has 0 saturated heterocycles. The lowest BCUT2D eigenvalue weighted by atomic mass is 10.1. The number of hydrogen-bond donors (Lipinski definition) is 2. The lowest BCUT2D eigenvalue weighted by Gasteiger charge is -2.07. The molecular weight excluding hydrogens is 294 g/mol. The van der Waals surface area contributed by atoms with Crippen molar-refractivity contribution in [2.45, 2.75) is 6.61 Å². The molecule has 0 bridgehead atoms. The van der Waals surface area contributed by atoms with E-state index in [0.717, 1.165) is 16.3 Å². The van der Waals surface area contributed by atoms with Gasteiger partial charge in [-0.25, -0.2) is 4.79 Å². The summed E-state index contributed by atoms with van der Waals surface area (Å²) >= 11 is 0. The van der Waals surface area contributed by atoms with Gasteiger partial charge < -0.3 is 10.1 Å². The summed E-state index contributed by atoms with van der Waals surface area (Å²) in [4.78, 5) is 11.4. The van der Waals surface area contributed by atoms with Crippen molar-refractivity contribution in [3.05, 3.63) is 48.0 Å². The van der Waals surface area contributed by atoms with Gasteiger partial charge in [0.25, 0.3) is 10.1 Å². The van der Waals surface area contributed by atoms with Gasteiger partial charge in [-0.3, -0.25) is 4.55 Å². The molecule has 0 heterocycles. The molecule has 7 heteroatoms. The fourth-order valence-electron chi connectivity index (χ4n) is 1.81. The minimum Gasteiger partial charge on any atom is -0.445 e. The molecule has 112 valence electrons. The Hall–Kier alpha value is -2.12. The van der Waals surface area contributed by atoms with Crippen molar-refractivity contribution in [3.8, 4) is 0 Å². The molecule has 1 amide bonds. The van der Waals surface area contributed by atoms with Crippen LogP contribution in [0, 0.1) is 0 Å². The molecule has 0 spiro atoms. The Morgan fingerprint density at radius 2 is 1.86 bits per heavy atom. The van der Waals surface area contributed by atoms with Crippen LogP contribution in [0.3, 0.4) is 0 Å². The second-order valence-electron chi connectivity index (χ2n) is 4.47. The van der Waals surface area contributed by atoms with Gasteiger partial charge in [0.2, 0.25) is 0 Å². The van der Waals surface area contributed by atoms with Crippen LogP contribution >= 0.6 is 0 Å². The summed E-state index contributed by atoms with van der Waals surface area (Å²) in [5.41, 5.74) is 0.832. The average Bonchev–Trinajstić information content (AvgIpc) is 2.43. The molecule has 0 aliphatic heterocycles. The van der Waals surface area contributed by atoms with Crippen molar-refractivity contribution < 1.29 is 22.5 Å². The number of carbonyl (C=O) groups is 1. The molecule has 0 unspecified atom stereocenters. The van der Waals surface area contributed by atoms with Crippen molar-refractivity contribution in [3.63, 3.8) is 0 Å². The van der Waals surface area contributed by atoms with Crippen molar-refractivity contribution in [2.75, 3.05) is 12.3 Å². The maximum Gasteiger partial charge on any atom is 0.407 e. The van der Waals surface area contributed by atoms with Gasteiger partial charge in [-0.15, -0.1) is 0 Å². The van der Waals surface area contributed by atoms with Crippen LogP contribution in [0.5, 0.6) is 0 Å². The second-order valence-corrected chi connectivity index (χ2v) is 6.04. The maximum absolute atomic E-state index is 11.4. The highest BCUT2D eigenvalue weighted by Crippen LogP contribution is 2.16. The zero-order valence-electron chi connectivity index (χ0n) is 11.2. The number of hydrogen-bond acceptors (Lipinski definition) is 4. The summed E-state index contributed by atoms with van der Waals surface area (Å²) in [7, 11) is -4.08. The molecule has 0 fully saturated rings. The SMILES string of the molecule is O=C(NCCS(=O)(=O)O)OCc1ccc2ccccc2c1. The Morgan fingerprint density at radius 3 is 2.57 bits per heavy atom. The van der Waals surface area contributed by atoms with Crippen molar-refractivity contribution in [1.29, 1.82) is 0 Å². The first-order valence-electron chi connectivity index (χ1n) is 6.27. The van der Waals surface area contributed by atoms with E-state index in [4.69, 9.17) is 9.29 Å². The predicted octanol–water partition coefficient (Wildman–Crippen LogP) is 1.95. The molecule has 2 aromatic carbocycles. The maximum atomic E-state index is 11.4. The molecule has 0 aliphatic rings. The number of fused-ring (bicyclic) bond motifs is 1. The summed E-state index contributed by atoms with van der Waals surface area (Å²) < 4.78 is 34.4. The normalized spacial score (nSPS) is 11.3. The first kappa shape index (κ1) is 15.3. The summed E-state index contributed by atoms with van der Waals surface area (Å²) in [6.45, 7) is -0.113. The highest BCUT2D eigenvalue weighted by molar-refractivity contribution is 7.85. The lowest BCUT2D eigenvalue weighted by molar-refractivity contribution is 0.140. The molecule has 0 radical (unpaired) electrons. The van der Waals surface area contributed by atoms with E-state index < -0.39 is 22.0 Å². The van der Waals surface area contributed by atoms with E-state index in [-0.39, 0.29) is 13.2 Å². The number of rotatable bonds is 5. The third-order valence-corrected chi connectivity index (χ3v) is 3.53. The predicted molar refractivity (Wildman–Crippen MR) is 78.6 cm³/mol. The fourth-order valence-corrected chi connectivity index (χ4v) is 2.17. The molecule has 2 aromatic rings. The molecule has 0 saturated carbocycles.